The van der Waals surface area contributed by atoms with E-state index in [0.717, 1.165) is 37.7 Å². The van der Waals surface area contributed by atoms with Crippen molar-refractivity contribution in [2.45, 2.75) is 32.9 Å². The molecule has 1 aromatic heterocycles. The fourth-order valence-corrected chi connectivity index (χ4v) is 3.07. The Balaban J connectivity index is 1.81. The predicted octanol–water partition coefficient (Wildman–Crippen LogP) is 0.833. The van der Waals surface area contributed by atoms with E-state index in [2.05, 4.69) is 9.88 Å². The second-order valence-electron chi connectivity index (χ2n) is 4.96. The van der Waals surface area contributed by atoms with Gasteiger partial charge in [0.25, 0.3) is 0 Å². The molecule has 2 heterocycles. The zero-order valence-corrected chi connectivity index (χ0v) is 12.4. The summed E-state index contributed by atoms with van der Waals surface area (Å²) in [6.45, 7) is 8.31. The van der Waals surface area contributed by atoms with E-state index in [-0.39, 0.29) is 11.9 Å². The fraction of sp³-hybridized carbons (Fsp3) is 0.692. The van der Waals surface area contributed by atoms with E-state index < -0.39 is 0 Å². The number of carbonyl (C=O) groups excluding carboxylic acids is 1. The van der Waals surface area contributed by atoms with Crippen molar-refractivity contribution >= 4 is 17.2 Å². The van der Waals surface area contributed by atoms with Crippen molar-refractivity contribution in [2.24, 2.45) is 5.73 Å². The summed E-state index contributed by atoms with van der Waals surface area (Å²) in [7, 11) is 0. The van der Waals surface area contributed by atoms with Gasteiger partial charge in [-0.3, -0.25) is 9.69 Å². The van der Waals surface area contributed by atoms with Gasteiger partial charge >= 0.3 is 0 Å². The summed E-state index contributed by atoms with van der Waals surface area (Å²) >= 11 is 1.74. The van der Waals surface area contributed by atoms with Gasteiger partial charge in [-0.15, -0.1) is 11.3 Å². The van der Waals surface area contributed by atoms with E-state index >= 15 is 0 Å². The zero-order valence-electron chi connectivity index (χ0n) is 11.6. The molecule has 106 valence electrons. The number of aromatic nitrogens is 1. The van der Waals surface area contributed by atoms with Gasteiger partial charge in [0.15, 0.2) is 0 Å². The molecule has 0 saturated carbocycles. The van der Waals surface area contributed by atoms with Crippen LogP contribution < -0.4 is 5.73 Å². The van der Waals surface area contributed by atoms with E-state index in [9.17, 15) is 4.79 Å². The quantitative estimate of drug-likeness (QED) is 0.888. The van der Waals surface area contributed by atoms with Crippen LogP contribution in [0.25, 0.3) is 0 Å². The van der Waals surface area contributed by atoms with Crippen molar-refractivity contribution in [1.29, 1.82) is 0 Å². The molecule has 0 bridgehead atoms. The summed E-state index contributed by atoms with van der Waals surface area (Å²) in [5.74, 6) is 0.0933. The van der Waals surface area contributed by atoms with Crippen LogP contribution in [-0.4, -0.2) is 52.9 Å². The lowest BCUT2D eigenvalue weighted by atomic mass is 10.2. The zero-order chi connectivity index (χ0) is 13.8. The molecule has 1 aliphatic heterocycles. The standard InChI is InChI=1S/C13H22N4OS/c1-3-12(14)13(18)17-6-4-16(5-7-17)9-11-8-15-10(2)19-11/h8,12H,3-7,9,14H2,1-2H3/t12-/m0/s1. The molecule has 1 atom stereocenters. The first kappa shape index (κ1) is 14.4. The minimum atomic E-state index is -0.337. The van der Waals surface area contributed by atoms with Crippen LogP contribution in [-0.2, 0) is 11.3 Å². The number of piperazine rings is 1. The van der Waals surface area contributed by atoms with Crippen molar-refractivity contribution in [3.05, 3.63) is 16.1 Å². The predicted molar refractivity (Wildman–Crippen MR) is 77.0 cm³/mol. The SMILES string of the molecule is CC[C@H](N)C(=O)N1CCN(Cc2cnc(C)s2)CC1. The Kier molecular flexibility index (Phi) is 4.90. The highest BCUT2D eigenvalue weighted by atomic mass is 32.1. The number of rotatable bonds is 4. The Labute approximate surface area is 118 Å². The molecule has 0 spiro atoms. The molecule has 2 rings (SSSR count). The summed E-state index contributed by atoms with van der Waals surface area (Å²) in [6, 6.07) is -0.337. The van der Waals surface area contributed by atoms with Crippen LogP contribution in [0.15, 0.2) is 6.20 Å². The van der Waals surface area contributed by atoms with Crippen molar-refractivity contribution in [3.63, 3.8) is 0 Å². The van der Waals surface area contributed by atoms with Gasteiger partial charge < -0.3 is 10.6 Å². The summed E-state index contributed by atoms with van der Waals surface area (Å²) in [5, 5.41) is 1.11. The smallest absolute Gasteiger partial charge is 0.239 e. The van der Waals surface area contributed by atoms with Crippen LogP contribution in [0.1, 0.15) is 23.2 Å². The maximum absolute atomic E-state index is 12.0. The van der Waals surface area contributed by atoms with Gasteiger partial charge in [-0.1, -0.05) is 6.92 Å². The first-order valence-corrected chi connectivity index (χ1v) is 7.60. The molecule has 0 radical (unpaired) electrons. The topological polar surface area (TPSA) is 62.5 Å². The molecule has 1 amide bonds. The lowest BCUT2D eigenvalue weighted by molar-refractivity contribution is -0.134. The number of aryl methyl sites for hydroxylation is 1. The number of thiazole rings is 1. The molecule has 1 saturated heterocycles. The molecular weight excluding hydrogens is 260 g/mol. The molecule has 19 heavy (non-hydrogen) atoms. The number of carbonyl (C=O) groups is 1. The van der Waals surface area contributed by atoms with Crippen LogP contribution >= 0.6 is 11.3 Å². The summed E-state index contributed by atoms with van der Waals surface area (Å²) < 4.78 is 0. The third kappa shape index (κ3) is 3.75. The second kappa shape index (κ2) is 6.45. The Hall–Kier alpha value is -0.980. The summed E-state index contributed by atoms with van der Waals surface area (Å²) in [6.07, 6.45) is 2.66. The van der Waals surface area contributed by atoms with E-state index in [1.165, 1.54) is 4.88 Å². The molecule has 0 aromatic carbocycles. The van der Waals surface area contributed by atoms with Crippen LogP contribution in [0, 0.1) is 6.92 Å². The normalized spacial score (nSPS) is 18.6. The maximum Gasteiger partial charge on any atom is 0.239 e. The van der Waals surface area contributed by atoms with Gasteiger partial charge in [-0.2, -0.15) is 0 Å². The van der Waals surface area contributed by atoms with Crippen LogP contribution in [0.4, 0.5) is 0 Å². The highest BCUT2D eigenvalue weighted by Gasteiger charge is 2.24. The molecule has 1 aliphatic rings. The molecule has 1 fully saturated rings. The van der Waals surface area contributed by atoms with E-state index in [0.29, 0.717) is 6.42 Å². The highest BCUT2D eigenvalue weighted by Crippen LogP contribution is 2.15. The van der Waals surface area contributed by atoms with Gasteiger partial charge in [0.05, 0.1) is 11.0 Å². The van der Waals surface area contributed by atoms with Crippen molar-refractivity contribution in [1.82, 2.24) is 14.8 Å². The third-order valence-electron chi connectivity index (χ3n) is 3.49. The number of hydrogen-bond donors (Lipinski definition) is 1. The average Bonchev–Trinajstić information content (AvgIpc) is 2.83. The van der Waals surface area contributed by atoms with E-state index in [4.69, 9.17) is 5.73 Å². The number of hydrogen-bond acceptors (Lipinski definition) is 5. The fourth-order valence-electron chi connectivity index (χ4n) is 2.23. The first-order chi connectivity index (χ1) is 9.10. The Morgan fingerprint density at radius 2 is 2.16 bits per heavy atom. The van der Waals surface area contributed by atoms with Crippen molar-refractivity contribution in [3.8, 4) is 0 Å². The third-order valence-corrected chi connectivity index (χ3v) is 4.39. The molecule has 2 N–H and O–H groups in total. The lowest BCUT2D eigenvalue weighted by Gasteiger charge is -2.35. The Morgan fingerprint density at radius 1 is 1.47 bits per heavy atom. The molecular formula is C13H22N4OS. The lowest BCUT2D eigenvalue weighted by Crippen LogP contribution is -2.52. The van der Waals surface area contributed by atoms with Crippen molar-refractivity contribution in [2.75, 3.05) is 26.2 Å². The number of amides is 1. The largest absolute Gasteiger partial charge is 0.339 e. The van der Waals surface area contributed by atoms with Gasteiger partial charge in [-0.25, -0.2) is 4.98 Å². The van der Waals surface area contributed by atoms with Gasteiger partial charge in [-0.05, 0) is 13.3 Å². The molecule has 0 unspecified atom stereocenters. The van der Waals surface area contributed by atoms with Crippen LogP contribution in [0.2, 0.25) is 0 Å². The molecule has 5 nitrogen and oxygen atoms in total. The van der Waals surface area contributed by atoms with Gasteiger partial charge in [0.2, 0.25) is 5.91 Å². The van der Waals surface area contributed by atoms with E-state index in [1.54, 1.807) is 11.3 Å². The molecule has 1 aromatic rings. The number of nitrogens with zero attached hydrogens (tertiary/aromatic N) is 3. The van der Waals surface area contributed by atoms with Crippen LogP contribution in [0.5, 0.6) is 0 Å². The van der Waals surface area contributed by atoms with Crippen molar-refractivity contribution < 1.29 is 4.79 Å². The van der Waals surface area contributed by atoms with Gasteiger partial charge in [0, 0.05) is 43.8 Å². The summed E-state index contributed by atoms with van der Waals surface area (Å²) in [5.41, 5.74) is 5.80. The average molecular weight is 282 g/mol. The maximum atomic E-state index is 12.0. The Morgan fingerprint density at radius 3 is 2.68 bits per heavy atom. The minimum Gasteiger partial charge on any atom is -0.339 e. The number of nitrogens with two attached hydrogens (primary N) is 1. The first-order valence-electron chi connectivity index (χ1n) is 6.78. The van der Waals surface area contributed by atoms with Gasteiger partial charge in [0.1, 0.15) is 0 Å². The second-order valence-corrected chi connectivity index (χ2v) is 6.28. The highest BCUT2D eigenvalue weighted by molar-refractivity contribution is 7.11. The summed E-state index contributed by atoms with van der Waals surface area (Å²) in [4.78, 5) is 21.8. The molecule has 6 heteroatoms. The van der Waals surface area contributed by atoms with Crippen LogP contribution in [0.3, 0.4) is 0 Å². The Bertz CT molecular complexity index is 426. The minimum absolute atomic E-state index is 0.0933. The molecule has 0 aliphatic carbocycles. The monoisotopic (exact) mass is 282 g/mol. The van der Waals surface area contributed by atoms with E-state index in [1.807, 2.05) is 24.9 Å².